The van der Waals surface area contributed by atoms with Gasteiger partial charge in [0.2, 0.25) is 0 Å². The van der Waals surface area contributed by atoms with Crippen molar-refractivity contribution < 1.29 is 8.42 Å². The summed E-state index contributed by atoms with van der Waals surface area (Å²) in [4.78, 5) is 0. The Labute approximate surface area is 94.6 Å². The fourth-order valence-electron chi connectivity index (χ4n) is 1.55. The van der Waals surface area contributed by atoms with E-state index in [1.807, 2.05) is 7.05 Å². The van der Waals surface area contributed by atoms with Gasteiger partial charge in [0.15, 0.2) is 9.84 Å². The normalized spacial score (nSPS) is 14.9. The zero-order chi connectivity index (χ0) is 12.1. The van der Waals surface area contributed by atoms with Gasteiger partial charge in [0.05, 0.1) is 11.0 Å². The molecule has 15 heavy (non-hydrogen) atoms. The Balaban J connectivity index is 3.98. The molecule has 0 spiro atoms. The van der Waals surface area contributed by atoms with Crippen molar-refractivity contribution in [3.8, 4) is 0 Å². The highest BCUT2D eigenvalue weighted by molar-refractivity contribution is 7.91. The Hall–Kier alpha value is -0.0900. The molecule has 0 heterocycles. The van der Waals surface area contributed by atoms with Crippen LogP contribution in [0.1, 0.15) is 40.5 Å². The molecule has 0 aromatic heterocycles. The van der Waals surface area contributed by atoms with Gasteiger partial charge >= 0.3 is 0 Å². The van der Waals surface area contributed by atoms with Gasteiger partial charge in [-0.05, 0) is 39.7 Å². The maximum atomic E-state index is 11.5. The second-order valence-electron chi connectivity index (χ2n) is 4.70. The highest BCUT2D eigenvalue weighted by Crippen LogP contribution is 2.11. The lowest BCUT2D eigenvalue weighted by Gasteiger charge is -2.20. The number of rotatable bonds is 7. The second-order valence-corrected chi connectivity index (χ2v) is 7.37. The Bertz CT molecular complexity index is 258. The van der Waals surface area contributed by atoms with E-state index >= 15 is 0 Å². The average Bonchev–Trinajstić information content (AvgIpc) is 2.11. The van der Waals surface area contributed by atoms with Crippen molar-refractivity contribution in [2.75, 3.05) is 12.8 Å². The lowest BCUT2D eigenvalue weighted by Crippen LogP contribution is -2.31. The molecule has 0 amide bonds. The molecule has 0 bridgehead atoms. The van der Waals surface area contributed by atoms with Gasteiger partial charge in [-0.25, -0.2) is 8.42 Å². The molecule has 0 aliphatic carbocycles. The zero-order valence-corrected chi connectivity index (χ0v) is 11.4. The smallest absolute Gasteiger partial charge is 0.152 e. The summed E-state index contributed by atoms with van der Waals surface area (Å²) >= 11 is 0. The third-order valence-corrected chi connectivity index (χ3v) is 5.13. The van der Waals surface area contributed by atoms with E-state index in [0.717, 1.165) is 12.8 Å². The van der Waals surface area contributed by atoms with E-state index in [1.54, 1.807) is 13.8 Å². The van der Waals surface area contributed by atoms with Crippen LogP contribution in [0.25, 0.3) is 0 Å². The van der Waals surface area contributed by atoms with E-state index in [0.29, 0.717) is 17.7 Å². The predicted octanol–water partition coefficient (Wildman–Crippen LogP) is 1.83. The van der Waals surface area contributed by atoms with Crippen LogP contribution < -0.4 is 5.32 Å². The molecule has 4 heteroatoms. The van der Waals surface area contributed by atoms with Crippen LogP contribution in [-0.2, 0) is 9.84 Å². The van der Waals surface area contributed by atoms with Gasteiger partial charge < -0.3 is 5.32 Å². The van der Waals surface area contributed by atoms with Gasteiger partial charge in [-0.3, -0.25) is 0 Å². The van der Waals surface area contributed by atoms with Crippen molar-refractivity contribution in [2.24, 2.45) is 5.92 Å². The summed E-state index contributed by atoms with van der Waals surface area (Å²) in [5.74, 6) is 0.868. The summed E-state index contributed by atoms with van der Waals surface area (Å²) in [5, 5.41) is 2.98. The number of hydrogen-bond donors (Lipinski definition) is 1. The highest BCUT2D eigenvalue weighted by atomic mass is 32.2. The molecule has 0 rings (SSSR count). The van der Waals surface area contributed by atoms with Crippen molar-refractivity contribution in [2.45, 2.75) is 51.8 Å². The zero-order valence-electron chi connectivity index (χ0n) is 10.6. The quantitative estimate of drug-likeness (QED) is 0.732. The van der Waals surface area contributed by atoms with Crippen LogP contribution >= 0.6 is 0 Å². The van der Waals surface area contributed by atoms with Crippen molar-refractivity contribution in [1.82, 2.24) is 5.32 Å². The summed E-state index contributed by atoms with van der Waals surface area (Å²) in [6, 6.07) is 0.423. The Morgan fingerprint density at radius 3 is 2.00 bits per heavy atom. The molecule has 3 nitrogen and oxygen atoms in total. The fourth-order valence-corrected chi connectivity index (χ4v) is 2.59. The molecular weight excluding hydrogens is 210 g/mol. The SMILES string of the molecule is CNC(CCCS(=O)(=O)C(C)C)C(C)C. The molecule has 0 radical (unpaired) electrons. The molecule has 92 valence electrons. The predicted molar refractivity (Wildman–Crippen MR) is 65.8 cm³/mol. The maximum absolute atomic E-state index is 11.5. The standard InChI is InChI=1S/C11H25NO2S/c1-9(2)11(12-5)7-6-8-15(13,14)10(3)4/h9-12H,6-8H2,1-5H3. The minimum atomic E-state index is -2.86. The summed E-state index contributed by atoms with van der Waals surface area (Å²) in [6.45, 7) is 7.79. The van der Waals surface area contributed by atoms with E-state index in [-0.39, 0.29) is 5.25 Å². The lowest BCUT2D eigenvalue weighted by atomic mass is 10.0. The van der Waals surface area contributed by atoms with Crippen LogP contribution in [0.3, 0.4) is 0 Å². The summed E-state index contributed by atoms with van der Waals surface area (Å²) < 4.78 is 23.1. The lowest BCUT2D eigenvalue weighted by molar-refractivity contribution is 0.399. The molecular formula is C11H25NO2S. The van der Waals surface area contributed by atoms with Crippen LogP contribution in [-0.4, -0.2) is 32.5 Å². The maximum Gasteiger partial charge on any atom is 0.152 e. The van der Waals surface area contributed by atoms with Crippen LogP contribution in [0.2, 0.25) is 0 Å². The van der Waals surface area contributed by atoms with Gasteiger partial charge in [-0.1, -0.05) is 13.8 Å². The Kier molecular flexibility index (Phi) is 6.44. The molecule has 0 saturated carbocycles. The minimum absolute atomic E-state index is 0.246. The highest BCUT2D eigenvalue weighted by Gasteiger charge is 2.17. The van der Waals surface area contributed by atoms with Crippen LogP contribution in [0.15, 0.2) is 0 Å². The first-order valence-corrected chi connectivity index (χ1v) is 7.41. The molecule has 1 unspecified atom stereocenters. The first-order chi connectivity index (χ1) is 6.81. The topological polar surface area (TPSA) is 46.2 Å². The van der Waals surface area contributed by atoms with Gasteiger partial charge in [0, 0.05) is 6.04 Å². The van der Waals surface area contributed by atoms with E-state index in [9.17, 15) is 8.42 Å². The van der Waals surface area contributed by atoms with Crippen molar-refractivity contribution in [3.05, 3.63) is 0 Å². The van der Waals surface area contributed by atoms with Crippen molar-refractivity contribution >= 4 is 9.84 Å². The first kappa shape index (κ1) is 14.9. The largest absolute Gasteiger partial charge is 0.317 e. The van der Waals surface area contributed by atoms with E-state index in [1.165, 1.54) is 0 Å². The molecule has 0 saturated heterocycles. The molecule has 0 aliphatic heterocycles. The van der Waals surface area contributed by atoms with Crippen molar-refractivity contribution in [3.63, 3.8) is 0 Å². The molecule has 0 fully saturated rings. The first-order valence-electron chi connectivity index (χ1n) is 5.70. The van der Waals surface area contributed by atoms with Crippen LogP contribution in [0.5, 0.6) is 0 Å². The van der Waals surface area contributed by atoms with E-state index < -0.39 is 9.84 Å². The fraction of sp³-hybridized carbons (Fsp3) is 1.00. The third kappa shape index (κ3) is 5.52. The minimum Gasteiger partial charge on any atom is -0.317 e. The van der Waals surface area contributed by atoms with Gasteiger partial charge in [0.1, 0.15) is 0 Å². The molecule has 0 aromatic rings. The van der Waals surface area contributed by atoms with E-state index in [4.69, 9.17) is 0 Å². The Morgan fingerprint density at radius 1 is 1.13 bits per heavy atom. The van der Waals surface area contributed by atoms with Crippen molar-refractivity contribution in [1.29, 1.82) is 0 Å². The second kappa shape index (κ2) is 6.48. The molecule has 0 aromatic carbocycles. The Morgan fingerprint density at radius 2 is 1.67 bits per heavy atom. The average molecular weight is 235 g/mol. The molecule has 0 aliphatic rings. The van der Waals surface area contributed by atoms with E-state index in [2.05, 4.69) is 19.2 Å². The number of sulfone groups is 1. The monoisotopic (exact) mass is 235 g/mol. The third-order valence-electron chi connectivity index (χ3n) is 2.84. The molecule has 1 atom stereocenters. The summed E-state index contributed by atoms with van der Waals surface area (Å²) in [5.41, 5.74) is 0. The summed E-state index contributed by atoms with van der Waals surface area (Å²) in [7, 11) is -0.923. The number of nitrogens with one attached hydrogen (secondary N) is 1. The van der Waals surface area contributed by atoms with Gasteiger partial charge in [-0.2, -0.15) is 0 Å². The number of hydrogen-bond acceptors (Lipinski definition) is 3. The van der Waals surface area contributed by atoms with Gasteiger partial charge in [0.25, 0.3) is 0 Å². The van der Waals surface area contributed by atoms with Crippen LogP contribution in [0.4, 0.5) is 0 Å². The molecule has 1 N–H and O–H groups in total. The van der Waals surface area contributed by atoms with Crippen LogP contribution in [0, 0.1) is 5.92 Å². The summed E-state index contributed by atoms with van der Waals surface area (Å²) in [6.07, 6.45) is 1.68. The van der Waals surface area contributed by atoms with Gasteiger partial charge in [-0.15, -0.1) is 0 Å².